The summed E-state index contributed by atoms with van der Waals surface area (Å²) in [5, 5.41) is 4.81. The van der Waals surface area contributed by atoms with Gasteiger partial charge in [-0.25, -0.2) is 0 Å². The SMILES string of the molecule is c1ccc(-c2cccc(N(c3ccc4c(c3)C3(c5ccccc5Oc5ccc6ccccc6c53)c3ccccc3-4)c3cccc4ccccc34)c2)cc1. The van der Waals surface area contributed by atoms with Crippen molar-refractivity contribution in [3.8, 4) is 33.8 Å². The van der Waals surface area contributed by atoms with Gasteiger partial charge in [-0.2, -0.15) is 0 Å². The van der Waals surface area contributed by atoms with Crippen LogP contribution in [0.1, 0.15) is 22.3 Å². The molecule has 0 N–H and O–H groups in total. The number of nitrogens with zero attached hydrogens (tertiary/aromatic N) is 1. The van der Waals surface area contributed by atoms with E-state index in [4.69, 9.17) is 4.74 Å². The van der Waals surface area contributed by atoms with Gasteiger partial charge >= 0.3 is 0 Å². The minimum atomic E-state index is -0.608. The second kappa shape index (κ2) is 11.6. The van der Waals surface area contributed by atoms with Crippen LogP contribution >= 0.6 is 0 Å². The molecule has 248 valence electrons. The zero-order valence-corrected chi connectivity index (χ0v) is 28.9. The van der Waals surface area contributed by atoms with Crippen LogP contribution in [0.25, 0.3) is 43.8 Å². The summed E-state index contributed by atoms with van der Waals surface area (Å²) >= 11 is 0. The van der Waals surface area contributed by atoms with Crippen LogP contribution in [0.5, 0.6) is 11.5 Å². The van der Waals surface area contributed by atoms with Crippen molar-refractivity contribution in [2.24, 2.45) is 0 Å². The lowest BCUT2D eigenvalue weighted by Crippen LogP contribution is -2.32. The summed E-state index contributed by atoms with van der Waals surface area (Å²) in [7, 11) is 0. The van der Waals surface area contributed by atoms with Gasteiger partial charge in [0.25, 0.3) is 0 Å². The van der Waals surface area contributed by atoms with Crippen molar-refractivity contribution < 1.29 is 4.74 Å². The molecule has 0 fully saturated rings. The molecule has 0 amide bonds. The fourth-order valence-electron chi connectivity index (χ4n) is 9.09. The third-order valence-corrected chi connectivity index (χ3v) is 11.3. The quantitative estimate of drug-likeness (QED) is 0.184. The first-order valence-electron chi connectivity index (χ1n) is 18.3. The van der Waals surface area contributed by atoms with Crippen LogP contribution in [-0.4, -0.2) is 0 Å². The first kappa shape index (κ1) is 29.8. The largest absolute Gasteiger partial charge is 0.457 e. The molecule has 1 heterocycles. The molecular weight excluding hydrogens is 643 g/mol. The van der Waals surface area contributed by atoms with E-state index in [0.717, 1.165) is 34.1 Å². The highest BCUT2D eigenvalue weighted by atomic mass is 16.5. The third kappa shape index (κ3) is 4.33. The van der Waals surface area contributed by atoms with Gasteiger partial charge in [-0.15, -0.1) is 0 Å². The number of hydrogen-bond acceptors (Lipinski definition) is 2. The Morgan fingerprint density at radius 3 is 1.91 bits per heavy atom. The van der Waals surface area contributed by atoms with Crippen LogP contribution in [0, 0.1) is 0 Å². The van der Waals surface area contributed by atoms with E-state index in [1.165, 1.54) is 60.5 Å². The van der Waals surface area contributed by atoms with Crippen LogP contribution in [0.2, 0.25) is 0 Å². The van der Waals surface area contributed by atoms with Crippen molar-refractivity contribution in [3.05, 3.63) is 222 Å². The average Bonchev–Trinajstić information content (AvgIpc) is 3.51. The molecule has 9 aromatic rings. The van der Waals surface area contributed by atoms with Crippen molar-refractivity contribution in [3.63, 3.8) is 0 Å². The second-order valence-electron chi connectivity index (χ2n) is 14.0. The minimum Gasteiger partial charge on any atom is -0.457 e. The molecule has 0 radical (unpaired) electrons. The summed E-state index contributed by atoms with van der Waals surface area (Å²) < 4.78 is 6.81. The molecule has 2 nitrogen and oxygen atoms in total. The molecule has 11 rings (SSSR count). The third-order valence-electron chi connectivity index (χ3n) is 11.3. The Morgan fingerprint density at radius 2 is 1.02 bits per heavy atom. The topological polar surface area (TPSA) is 12.5 Å². The van der Waals surface area contributed by atoms with E-state index in [9.17, 15) is 0 Å². The number of anilines is 3. The summed E-state index contributed by atoms with van der Waals surface area (Å²) in [5.74, 6) is 1.79. The lowest BCUT2D eigenvalue weighted by molar-refractivity contribution is 0.438. The summed E-state index contributed by atoms with van der Waals surface area (Å²) in [6.45, 7) is 0. The van der Waals surface area contributed by atoms with E-state index >= 15 is 0 Å². The van der Waals surface area contributed by atoms with Crippen molar-refractivity contribution >= 4 is 38.6 Å². The molecule has 0 aromatic heterocycles. The maximum absolute atomic E-state index is 6.81. The van der Waals surface area contributed by atoms with Gasteiger partial charge in [-0.3, -0.25) is 0 Å². The van der Waals surface area contributed by atoms with Crippen LogP contribution in [0.3, 0.4) is 0 Å². The number of para-hydroxylation sites is 1. The minimum absolute atomic E-state index is 0.608. The molecule has 0 saturated carbocycles. The highest BCUT2D eigenvalue weighted by Crippen LogP contribution is 2.64. The molecule has 1 unspecified atom stereocenters. The fraction of sp³-hybridized carbons (Fsp3) is 0.0196. The van der Waals surface area contributed by atoms with E-state index in [1.54, 1.807) is 0 Å². The predicted octanol–water partition coefficient (Wildman–Crippen LogP) is 13.6. The molecule has 0 saturated heterocycles. The first-order chi connectivity index (χ1) is 26.3. The van der Waals surface area contributed by atoms with Gasteiger partial charge in [0, 0.05) is 27.9 Å². The fourth-order valence-corrected chi connectivity index (χ4v) is 9.09. The maximum atomic E-state index is 6.81. The van der Waals surface area contributed by atoms with Crippen LogP contribution < -0.4 is 9.64 Å². The van der Waals surface area contributed by atoms with Gasteiger partial charge in [-0.05, 0) is 92.0 Å². The second-order valence-corrected chi connectivity index (χ2v) is 14.0. The Bertz CT molecular complexity index is 2890. The molecule has 1 aliphatic carbocycles. The molecule has 1 atom stereocenters. The van der Waals surface area contributed by atoms with Crippen LogP contribution in [0.4, 0.5) is 17.1 Å². The Labute approximate surface area is 308 Å². The Balaban J connectivity index is 1.24. The van der Waals surface area contributed by atoms with Gasteiger partial charge in [0.2, 0.25) is 0 Å². The molecule has 53 heavy (non-hydrogen) atoms. The molecule has 2 heteroatoms. The Kier molecular flexibility index (Phi) is 6.50. The van der Waals surface area contributed by atoms with Crippen molar-refractivity contribution in [1.82, 2.24) is 0 Å². The number of rotatable bonds is 4. The molecule has 0 bridgehead atoms. The summed E-state index contributed by atoms with van der Waals surface area (Å²) in [6.07, 6.45) is 0. The average molecular weight is 676 g/mol. The standard InChI is InChI=1S/C51H33NO/c1-2-14-34(15-3-1)37-19-12-20-38(32-37)52(47-26-13-18-35-16-4-6-21-40(35)47)39-29-30-43-42-23-8-9-24-44(42)51(46(43)33-39)45-25-10-11-27-48(45)53-49-31-28-36-17-5-7-22-41(36)50(49)51/h1-33H. The molecule has 2 aliphatic rings. The monoisotopic (exact) mass is 675 g/mol. The molecular formula is C51H33NO. The molecule has 1 spiro atoms. The van der Waals surface area contributed by atoms with Crippen LogP contribution in [-0.2, 0) is 5.41 Å². The predicted molar refractivity (Wildman–Crippen MR) is 219 cm³/mol. The van der Waals surface area contributed by atoms with Gasteiger partial charge in [0.05, 0.1) is 11.1 Å². The van der Waals surface area contributed by atoms with Gasteiger partial charge < -0.3 is 9.64 Å². The Hall–Kier alpha value is -6.90. The van der Waals surface area contributed by atoms with E-state index in [1.807, 2.05) is 0 Å². The van der Waals surface area contributed by atoms with Crippen molar-refractivity contribution in [2.75, 3.05) is 4.90 Å². The Morgan fingerprint density at radius 1 is 0.377 bits per heavy atom. The van der Waals surface area contributed by atoms with E-state index < -0.39 is 5.41 Å². The lowest BCUT2D eigenvalue weighted by Gasteiger charge is -2.40. The summed E-state index contributed by atoms with van der Waals surface area (Å²) in [5.41, 5.74) is 12.5. The summed E-state index contributed by atoms with van der Waals surface area (Å²) in [4.78, 5) is 2.45. The number of benzene rings is 9. The normalized spacial score (nSPS) is 15.0. The summed E-state index contributed by atoms with van der Waals surface area (Å²) in [6, 6.07) is 72.7. The van der Waals surface area contributed by atoms with E-state index in [-0.39, 0.29) is 0 Å². The maximum Gasteiger partial charge on any atom is 0.132 e. The zero-order valence-electron chi connectivity index (χ0n) is 28.9. The first-order valence-corrected chi connectivity index (χ1v) is 18.3. The van der Waals surface area contributed by atoms with Crippen molar-refractivity contribution in [2.45, 2.75) is 5.41 Å². The molecule has 9 aromatic carbocycles. The van der Waals surface area contributed by atoms with Gasteiger partial charge in [0.15, 0.2) is 0 Å². The lowest BCUT2D eigenvalue weighted by atomic mass is 9.65. The van der Waals surface area contributed by atoms with Gasteiger partial charge in [-0.1, -0.05) is 158 Å². The highest BCUT2D eigenvalue weighted by Gasteiger charge is 2.52. The number of ether oxygens (including phenoxy) is 1. The van der Waals surface area contributed by atoms with E-state index in [0.29, 0.717) is 0 Å². The van der Waals surface area contributed by atoms with Crippen LogP contribution in [0.15, 0.2) is 200 Å². The van der Waals surface area contributed by atoms with Crippen molar-refractivity contribution in [1.29, 1.82) is 0 Å². The van der Waals surface area contributed by atoms with Gasteiger partial charge in [0.1, 0.15) is 11.5 Å². The van der Waals surface area contributed by atoms with E-state index in [2.05, 4.69) is 205 Å². The molecule has 1 aliphatic heterocycles. The zero-order chi connectivity index (χ0) is 34.9. The number of hydrogen-bond donors (Lipinski definition) is 0. The number of fused-ring (bicyclic) bond motifs is 12. The smallest absolute Gasteiger partial charge is 0.132 e. The highest BCUT2D eigenvalue weighted by molar-refractivity contribution is 6.01.